The molecular weight excluding hydrogens is 320 g/mol. The SMILES string of the molecule is CN1CC2(CN(Cc3cccnc3)C2)OC[C@@H]1C(=O)N1CCCCO1. The second-order valence-corrected chi connectivity index (χ2v) is 7.41. The van der Waals surface area contributed by atoms with Crippen LogP contribution in [0.3, 0.4) is 0 Å². The van der Waals surface area contributed by atoms with Gasteiger partial charge in [-0.25, -0.2) is 5.06 Å². The fourth-order valence-electron chi connectivity index (χ4n) is 4.01. The molecule has 1 amide bonds. The number of carbonyl (C=O) groups is 1. The molecule has 3 saturated heterocycles. The highest BCUT2D eigenvalue weighted by Gasteiger charge is 2.50. The average molecular weight is 346 g/mol. The van der Waals surface area contributed by atoms with E-state index in [4.69, 9.17) is 9.57 Å². The van der Waals surface area contributed by atoms with Crippen LogP contribution in [0.25, 0.3) is 0 Å². The normalized spacial score (nSPS) is 27.2. The number of ether oxygens (including phenoxy) is 1. The molecule has 1 aromatic heterocycles. The van der Waals surface area contributed by atoms with E-state index < -0.39 is 0 Å². The molecule has 0 N–H and O–H groups in total. The van der Waals surface area contributed by atoms with Gasteiger partial charge in [-0.2, -0.15) is 0 Å². The molecule has 136 valence electrons. The lowest BCUT2D eigenvalue weighted by Crippen LogP contribution is -2.72. The van der Waals surface area contributed by atoms with E-state index >= 15 is 0 Å². The van der Waals surface area contributed by atoms with E-state index in [1.165, 1.54) is 10.6 Å². The van der Waals surface area contributed by atoms with Gasteiger partial charge in [-0.3, -0.25) is 24.4 Å². The van der Waals surface area contributed by atoms with Crippen molar-refractivity contribution in [1.82, 2.24) is 19.8 Å². The molecule has 0 radical (unpaired) electrons. The summed E-state index contributed by atoms with van der Waals surface area (Å²) in [7, 11) is 2.01. The van der Waals surface area contributed by atoms with Crippen LogP contribution >= 0.6 is 0 Å². The van der Waals surface area contributed by atoms with E-state index in [0.717, 1.165) is 39.0 Å². The van der Waals surface area contributed by atoms with E-state index in [1.807, 2.05) is 19.3 Å². The van der Waals surface area contributed by atoms with Crippen LogP contribution in [-0.2, 0) is 20.9 Å². The molecule has 3 aliphatic heterocycles. The predicted molar refractivity (Wildman–Crippen MR) is 91.5 cm³/mol. The molecule has 0 saturated carbocycles. The number of pyridine rings is 1. The Morgan fingerprint density at radius 1 is 1.36 bits per heavy atom. The molecule has 25 heavy (non-hydrogen) atoms. The standard InChI is InChI=1S/C18H26N4O3/c1-20-12-18(13-21(14-18)10-15-5-4-6-19-9-15)24-11-16(20)17(23)22-7-2-3-8-25-22/h4-6,9,16H,2-3,7-8,10-14H2,1H3/t16-/m1/s1. The molecule has 3 fully saturated rings. The number of nitrogens with zero attached hydrogens (tertiary/aromatic N) is 4. The summed E-state index contributed by atoms with van der Waals surface area (Å²) in [6.07, 6.45) is 5.74. The van der Waals surface area contributed by atoms with Crippen molar-refractivity contribution in [3.63, 3.8) is 0 Å². The van der Waals surface area contributed by atoms with Crippen molar-refractivity contribution in [3.8, 4) is 0 Å². The number of carbonyl (C=O) groups excluding carboxylic acids is 1. The van der Waals surface area contributed by atoms with E-state index in [2.05, 4.69) is 20.9 Å². The highest BCUT2D eigenvalue weighted by Crippen LogP contribution is 2.32. The van der Waals surface area contributed by atoms with Gasteiger partial charge in [0.25, 0.3) is 5.91 Å². The Bertz CT molecular complexity index is 600. The van der Waals surface area contributed by atoms with Crippen molar-refractivity contribution in [2.24, 2.45) is 0 Å². The van der Waals surface area contributed by atoms with Crippen molar-refractivity contribution in [1.29, 1.82) is 0 Å². The third-order valence-electron chi connectivity index (χ3n) is 5.30. The largest absolute Gasteiger partial charge is 0.369 e. The molecule has 4 rings (SSSR count). The van der Waals surface area contributed by atoms with Gasteiger partial charge in [-0.15, -0.1) is 0 Å². The van der Waals surface area contributed by atoms with Crippen LogP contribution in [0.5, 0.6) is 0 Å². The quantitative estimate of drug-likeness (QED) is 0.795. The molecule has 1 aromatic rings. The lowest BCUT2D eigenvalue weighted by atomic mass is 9.90. The number of likely N-dealkylation sites (N-methyl/N-ethyl adjacent to an activating group) is 1. The van der Waals surface area contributed by atoms with E-state index in [-0.39, 0.29) is 17.6 Å². The van der Waals surface area contributed by atoms with Gasteiger partial charge in [0.2, 0.25) is 0 Å². The maximum absolute atomic E-state index is 12.6. The molecular formula is C18H26N4O3. The van der Waals surface area contributed by atoms with Crippen LogP contribution in [0.2, 0.25) is 0 Å². The third kappa shape index (κ3) is 3.55. The molecule has 1 atom stereocenters. The Balaban J connectivity index is 1.29. The maximum Gasteiger partial charge on any atom is 0.265 e. The number of rotatable bonds is 3. The van der Waals surface area contributed by atoms with E-state index in [1.54, 1.807) is 6.20 Å². The van der Waals surface area contributed by atoms with Crippen molar-refractivity contribution < 1.29 is 14.4 Å². The monoisotopic (exact) mass is 346 g/mol. The van der Waals surface area contributed by atoms with Gasteiger partial charge in [0.05, 0.1) is 13.2 Å². The zero-order valence-electron chi connectivity index (χ0n) is 14.8. The molecule has 4 heterocycles. The summed E-state index contributed by atoms with van der Waals surface area (Å²) >= 11 is 0. The van der Waals surface area contributed by atoms with Crippen molar-refractivity contribution in [2.75, 3.05) is 46.4 Å². The lowest BCUT2D eigenvalue weighted by Gasteiger charge is -2.55. The first kappa shape index (κ1) is 16.9. The summed E-state index contributed by atoms with van der Waals surface area (Å²) in [5.74, 6) is 0.0311. The molecule has 0 aliphatic carbocycles. The molecule has 1 spiro atoms. The number of morpholine rings is 1. The minimum absolute atomic E-state index is 0.0311. The fraction of sp³-hybridized carbons (Fsp3) is 0.667. The van der Waals surface area contributed by atoms with Gasteiger partial charge in [-0.1, -0.05) is 6.07 Å². The van der Waals surface area contributed by atoms with Gasteiger partial charge in [0.1, 0.15) is 11.6 Å². The average Bonchev–Trinajstić information content (AvgIpc) is 2.62. The molecule has 3 aliphatic rings. The highest BCUT2D eigenvalue weighted by molar-refractivity contribution is 5.81. The lowest BCUT2D eigenvalue weighted by molar-refractivity contribution is -0.224. The van der Waals surface area contributed by atoms with Crippen LogP contribution < -0.4 is 0 Å². The predicted octanol–water partition coefficient (Wildman–Crippen LogP) is 0.521. The topological polar surface area (TPSA) is 58.1 Å². The van der Waals surface area contributed by atoms with Gasteiger partial charge < -0.3 is 4.74 Å². The summed E-state index contributed by atoms with van der Waals surface area (Å²) < 4.78 is 6.16. The van der Waals surface area contributed by atoms with E-state index in [9.17, 15) is 4.79 Å². The first-order valence-electron chi connectivity index (χ1n) is 9.05. The Kier molecular flexibility index (Phi) is 4.73. The zero-order valence-corrected chi connectivity index (χ0v) is 14.8. The Hall–Kier alpha value is -1.54. The highest BCUT2D eigenvalue weighted by atomic mass is 16.7. The molecule has 7 nitrogen and oxygen atoms in total. The summed E-state index contributed by atoms with van der Waals surface area (Å²) in [4.78, 5) is 26.8. The van der Waals surface area contributed by atoms with Crippen LogP contribution in [0, 0.1) is 0 Å². The number of likely N-dealkylation sites (tertiary alicyclic amines) is 1. The summed E-state index contributed by atoms with van der Waals surface area (Å²) in [6, 6.07) is 3.82. The van der Waals surface area contributed by atoms with Crippen molar-refractivity contribution in [2.45, 2.75) is 31.0 Å². The molecule has 0 unspecified atom stereocenters. The summed E-state index contributed by atoms with van der Waals surface area (Å²) in [5.41, 5.74) is 1.08. The fourth-order valence-corrected chi connectivity index (χ4v) is 4.01. The van der Waals surface area contributed by atoms with Gasteiger partial charge in [0, 0.05) is 45.1 Å². The number of hydroxylamine groups is 2. The van der Waals surface area contributed by atoms with Gasteiger partial charge in [0.15, 0.2) is 0 Å². The summed E-state index contributed by atoms with van der Waals surface area (Å²) in [5, 5.41) is 1.53. The Morgan fingerprint density at radius 3 is 2.92 bits per heavy atom. The Morgan fingerprint density at radius 2 is 2.24 bits per heavy atom. The smallest absolute Gasteiger partial charge is 0.265 e. The zero-order chi connectivity index (χ0) is 17.3. The maximum atomic E-state index is 12.6. The van der Waals surface area contributed by atoms with Crippen LogP contribution in [0.1, 0.15) is 18.4 Å². The molecule has 7 heteroatoms. The second kappa shape index (κ2) is 6.99. The van der Waals surface area contributed by atoms with Gasteiger partial charge in [-0.05, 0) is 31.5 Å². The number of amides is 1. The second-order valence-electron chi connectivity index (χ2n) is 7.41. The van der Waals surface area contributed by atoms with Crippen LogP contribution in [0.4, 0.5) is 0 Å². The number of hydrogen-bond acceptors (Lipinski definition) is 6. The first-order chi connectivity index (χ1) is 12.2. The molecule has 0 bridgehead atoms. The first-order valence-corrected chi connectivity index (χ1v) is 9.05. The Labute approximate surface area is 148 Å². The number of aromatic nitrogens is 1. The van der Waals surface area contributed by atoms with Gasteiger partial charge >= 0.3 is 0 Å². The summed E-state index contributed by atoms with van der Waals surface area (Å²) in [6.45, 7) is 5.23. The molecule has 0 aromatic carbocycles. The third-order valence-corrected chi connectivity index (χ3v) is 5.30. The minimum atomic E-state index is -0.240. The van der Waals surface area contributed by atoms with E-state index in [0.29, 0.717) is 19.8 Å². The van der Waals surface area contributed by atoms with Crippen LogP contribution in [-0.4, -0.2) is 83.8 Å². The minimum Gasteiger partial charge on any atom is -0.369 e. The number of hydrogen-bond donors (Lipinski definition) is 0. The van der Waals surface area contributed by atoms with Crippen LogP contribution in [0.15, 0.2) is 24.5 Å². The van der Waals surface area contributed by atoms with Crippen molar-refractivity contribution >= 4 is 5.91 Å². The van der Waals surface area contributed by atoms with Crippen molar-refractivity contribution in [3.05, 3.63) is 30.1 Å².